The molecule has 0 unspecified atom stereocenters. The number of ether oxygens (including phenoxy) is 5. The molecule has 0 amide bonds. The first-order valence-electron chi connectivity index (χ1n) is 8.30. The van der Waals surface area contributed by atoms with Gasteiger partial charge in [-0.2, -0.15) is 4.98 Å². The smallest absolute Gasteiger partial charge is 0.462 e. The second-order valence-corrected chi connectivity index (χ2v) is 7.39. The van der Waals surface area contributed by atoms with Gasteiger partial charge in [0.25, 0.3) is 0 Å². The number of nitrogens with zero attached hydrogens (tertiary/aromatic N) is 1. The molecule has 0 atom stereocenters. The van der Waals surface area contributed by atoms with Crippen LogP contribution in [0.2, 0.25) is 0 Å². The van der Waals surface area contributed by atoms with E-state index in [1.165, 1.54) is 12.1 Å². The van der Waals surface area contributed by atoms with Crippen molar-refractivity contribution in [2.45, 2.75) is 59.7 Å². The van der Waals surface area contributed by atoms with Crippen LogP contribution < -0.4 is 9.47 Å². The lowest BCUT2D eigenvalue weighted by atomic mass is 10.2. The minimum absolute atomic E-state index is 0.0241. The van der Waals surface area contributed by atoms with Crippen molar-refractivity contribution in [2.24, 2.45) is 0 Å². The molecule has 0 radical (unpaired) electrons. The van der Waals surface area contributed by atoms with Crippen LogP contribution in [0.25, 0.3) is 0 Å². The van der Waals surface area contributed by atoms with Crippen LogP contribution in [-0.2, 0) is 14.2 Å². The fourth-order valence-corrected chi connectivity index (χ4v) is 1.63. The van der Waals surface area contributed by atoms with Crippen LogP contribution in [0.15, 0.2) is 12.1 Å². The number of rotatable bonds is 4. The molecule has 0 bridgehead atoms. The van der Waals surface area contributed by atoms with Crippen LogP contribution in [0.5, 0.6) is 11.8 Å². The van der Waals surface area contributed by atoms with Crippen molar-refractivity contribution in [3.05, 3.63) is 17.7 Å². The average molecular weight is 383 g/mol. The van der Waals surface area contributed by atoms with E-state index in [2.05, 4.69) is 4.98 Å². The van der Waals surface area contributed by atoms with E-state index in [-0.39, 0.29) is 23.9 Å². The fraction of sp³-hybridized carbons (Fsp3) is 0.556. The van der Waals surface area contributed by atoms with Crippen molar-refractivity contribution < 1.29 is 38.1 Å². The van der Waals surface area contributed by atoms with Crippen molar-refractivity contribution >= 4 is 18.3 Å². The quantitative estimate of drug-likeness (QED) is 0.565. The summed E-state index contributed by atoms with van der Waals surface area (Å²) in [7, 11) is 0. The summed E-state index contributed by atoms with van der Waals surface area (Å²) in [6.45, 7) is 11.7. The third-order valence-electron chi connectivity index (χ3n) is 2.44. The summed E-state index contributed by atoms with van der Waals surface area (Å²) < 4.78 is 24.9. The number of hydrogen-bond donors (Lipinski definition) is 0. The second-order valence-electron chi connectivity index (χ2n) is 7.39. The van der Waals surface area contributed by atoms with Crippen molar-refractivity contribution in [3.8, 4) is 11.8 Å². The Morgan fingerprint density at radius 2 is 1.26 bits per heavy atom. The van der Waals surface area contributed by atoms with E-state index >= 15 is 0 Å². The largest absolute Gasteiger partial charge is 0.515 e. The molecule has 1 heterocycles. The van der Waals surface area contributed by atoms with Crippen LogP contribution in [0.3, 0.4) is 0 Å². The van der Waals surface area contributed by atoms with Gasteiger partial charge in [0, 0.05) is 12.1 Å². The van der Waals surface area contributed by atoms with E-state index in [4.69, 9.17) is 23.7 Å². The van der Waals surface area contributed by atoms with Gasteiger partial charge in [0.15, 0.2) is 0 Å². The Kier molecular flexibility index (Phi) is 7.15. The third kappa shape index (κ3) is 8.89. The van der Waals surface area contributed by atoms with Gasteiger partial charge in [0.05, 0.1) is 12.2 Å². The Balaban J connectivity index is 3.08. The van der Waals surface area contributed by atoms with Gasteiger partial charge in [0.1, 0.15) is 11.2 Å². The number of carbonyl (C=O) groups excluding carboxylic acids is 3. The van der Waals surface area contributed by atoms with Gasteiger partial charge in [-0.15, -0.1) is 0 Å². The minimum Gasteiger partial charge on any atom is -0.462 e. The summed E-state index contributed by atoms with van der Waals surface area (Å²) >= 11 is 0. The van der Waals surface area contributed by atoms with Gasteiger partial charge in [-0.1, -0.05) is 0 Å². The van der Waals surface area contributed by atoms with Crippen LogP contribution in [0, 0.1) is 0 Å². The summed E-state index contributed by atoms with van der Waals surface area (Å²) in [5.74, 6) is -1.30. The third-order valence-corrected chi connectivity index (χ3v) is 2.44. The predicted octanol–water partition coefficient (Wildman–Crippen LogP) is 3.89. The molecule has 0 spiro atoms. The first kappa shape index (κ1) is 22.2. The highest BCUT2D eigenvalue weighted by atomic mass is 16.7. The van der Waals surface area contributed by atoms with E-state index in [1.807, 2.05) is 0 Å². The Morgan fingerprint density at radius 3 is 1.59 bits per heavy atom. The Morgan fingerprint density at radius 1 is 0.852 bits per heavy atom. The molecule has 1 rings (SSSR count). The highest BCUT2D eigenvalue weighted by Crippen LogP contribution is 2.21. The normalized spacial score (nSPS) is 11.4. The zero-order valence-corrected chi connectivity index (χ0v) is 16.6. The van der Waals surface area contributed by atoms with E-state index in [9.17, 15) is 14.4 Å². The Bertz CT molecular complexity index is 652. The van der Waals surface area contributed by atoms with Crippen molar-refractivity contribution in [1.29, 1.82) is 0 Å². The molecule has 9 heteroatoms. The van der Waals surface area contributed by atoms with Gasteiger partial charge in [-0.25, -0.2) is 14.4 Å². The standard InChI is InChI=1S/C18H25NO8/c1-8-23-14(20)11-9-12(24-15(21)26-17(2,3)4)19-13(10-11)25-16(22)27-18(5,6)7/h9-10H,8H2,1-7H3. The molecule has 9 nitrogen and oxygen atoms in total. The summed E-state index contributed by atoms with van der Waals surface area (Å²) in [5.41, 5.74) is -1.60. The van der Waals surface area contributed by atoms with Crippen LogP contribution in [0.1, 0.15) is 58.8 Å². The summed E-state index contributed by atoms with van der Waals surface area (Å²) in [6, 6.07) is 2.34. The number of carbonyl (C=O) groups is 3. The zero-order chi connectivity index (χ0) is 20.8. The van der Waals surface area contributed by atoms with Crippen LogP contribution >= 0.6 is 0 Å². The number of aromatic nitrogens is 1. The molecular formula is C18H25NO8. The molecule has 27 heavy (non-hydrogen) atoms. The lowest BCUT2D eigenvalue weighted by Gasteiger charge is -2.19. The number of pyridine rings is 1. The first-order chi connectivity index (χ1) is 12.3. The predicted molar refractivity (Wildman–Crippen MR) is 93.9 cm³/mol. The van der Waals surface area contributed by atoms with Crippen LogP contribution in [-0.4, -0.2) is 41.1 Å². The topological polar surface area (TPSA) is 110 Å². The lowest BCUT2D eigenvalue weighted by molar-refractivity contribution is 0.0183. The number of esters is 1. The zero-order valence-electron chi connectivity index (χ0n) is 16.6. The molecule has 0 aliphatic rings. The fourth-order valence-electron chi connectivity index (χ4n) is 1.63. The van der Waals surface area contributed by atoms with Crippen molar-refractivity contribution in [1.82, 2.24) is 4.98 Å². The molecule has 0 saturated carbocycles. The van der Waals surface area contributed by atoms with Crippen molar-refractivity contribution in [3.63, 3.8) is 0 Å². The maximum absolute atomic E-state index is 12.0. The molecule has 0 aliphatic carbocycles. The van der Waals surface area contributed by atoms with Gasteiger partial charge in [-0.3, -0.25) is 0 Å². The molecule has 0 N–H and O–H groups in total. The molecule has 0 saturated heterocycles. The molecule has 0 fully saturated rings. The summed E-state index contributed by atoms with van der Waals surface area (Å²) in [4.78, 5) is 39.5. The molecular weight excluding hydrogens is 358 g/mol. The van der Waals surface area contributed by atoms with E-state index < -0.39 is 29.5 Å². The molecule has 0 aliphatic heterocycles. The molecule has 150 valence electrons. The summed E-state index contributed by atoms with van der Waals surface area (Å²) in [5, 5.41) is 0. The van der Waals surface area contributed by atoms with Crippen molar-refractivity contribution in [2.75, 3.05) is 6.61 Å². The highest BCUT2D eigenvalue weighted by molar-refractivity contribution is 5.90. The monoisotopic (exact) mass is 383 g/mol. The summed E-state index contributed by atoms with van der Waals surface area (Å²) in [6.07, 6.45) is -2.06. The van der Waals surface area contributed by atoms with E-state index in [0.717, 1.165) is 0 Å². The molecule has 1 aromatic rings. The lowest BCUT2D eigenvalue weighted by Crippen LogP contribution is -2.27. The van der Waals surface area contributed by atoms with Gasteiger partial charge in [-0.05, 0) is 48.5 Å². The first-order valence-corrected chi connectivity index (χ1v) is 8.30. The SMILES string of the molecule is CCOC(=O)c1cc(OC(=O)OC(C)(C)C)nc(OC(=O)OC(C)(C)C)c1. The van der Waals surface area contributed by atoms with Crippen LogP contribution in [0.4, 0.5) is 9.59 Å². The molecule has 1 aromatic heterocycles. The number of hydrogen-bond acceptors (Lipinski definition) is 9. The molecule has 0 aromatic carbocycles. The average Bonchev–Trinajstić information content (AvgIpc) is 2.42. The van der Waals surface area contributed by atoms with Gasteiger partial charge >= 0.3 is 18.3 Å². The Hall–Kier alpha value is -2.84. The second kappa shape index (κ2) is 8.70. The van der Waals surface area contributed by atoms with E-state index in [1.54, 1.807) is 48.5 Å². The van der Waals surface area contributed by atoms with Gasteiger partial charge < -0.3 is 23.7 Å². The Labute approximate surface area is 157 Å². The maximum atomic E-state index is 12.0. The maximum Gasteiger partial charge on any atom is 0.515 e. The van der Waals surface area contributed by atoms with E-state index in [0.29, 0.717) is 0 Å². The minimum atomic E-state index is -1.03. The highest BCUT2D eigenvalue weighted by Gasteiger charge is 2.23. The van der Waals surface area contributed by atoms with Gasteiger partial charge in [0.2, 0.25) is 11.8 Å².